The Balaban J connectivity index is 1.86. The quantitative estimate of drug-likeness (QED) is 0.378. The molecule has 3 rings (SSSR count). The molecule has 3 aromatic rings. The third-order valence-corrected chi connectivity index (χ3v) is 7.83. The number of hydrogen-bond acceptors (Lipinski definition) is 4. The predicted octanol–water partition coefficient (Wildman–Crippen LogP) is 4.18. The molecule has 0 saturated heterocycles. The summed E-state index contributed by atoms with van der Waals surface area (Å²) in [6.07, 6.45) is 1.37. The van der Waals surface area contributed by atoms with Crippen LogP contribution in [-0.4, -0.2) is 34.2 Å². The minimum absolute atomic E-state index is 0.0608. The van der Waals surface area contributed by atoms with E-state index in [4.69, 9.17) is 0 Å². The number of aryl methyl sites for hydroxylation is 1. The largest absolute Gasteiger partial charge is 0.244 e. The van der Waals surface area contributed by atoms with E-state index in [1.54, 1.807) is 42.5 Å². The third kappa shape index (κ3) is 6.79. The molecule has 0 aromatic heterocycles. The predicted molar refractivity (Wildman–Crippen MR) is 130 cm³/mol. The molecule has 0 N–H and O–H groups in total. The van der Waals surface area contributed by atoms with Crippen LogP contribution in [0, 0.1) is 18.8 Å². The second kappa shape index (κ2) is 11.0. The Labute approximate surface area is 195 Å². The van der Waals surface area contributed by atoms with Gasteiger partial charge in [-0.05, 0) is 49.4 Å². The van der Waals surface area contributed by atoms with Gasteiger partial charge in [-0.1, -0.05) is 65.9 Å². The fraction of sp³-hybridized carbons (Fsp3) is 0.115. The molecule has 33 heavy (non-hydrogen) atoms. The van der Waals surface area contributed by atoms with Crippen molar-refractivity contribution < 1.29 is 16.8 Å². The zero-order valence-corrected chi connectivity index (χ0v) is 19.7. The highest BCUT2D eigenvalue weighted by Crippen LogP contribution is 2.16. The van der Waals surface area contributed by atoms with E-state index < -0.39 is 19.9 Å². The molecule has 0 amide bonds. The topological polar surface area (TPSA) is 71.5 Å². The van der Waals surface area contributed by atoms with E-state index in [9.17, 15) is 16.8 Å². The summed E-state index contributed by atoms with van der Waals surface area (Å²) in [6, 6.07) is 23.8. The van der Waals surface area contributed by atoms with Crippen molar-refractivity contribution in [1.82, 2.24) is 4.31 Å². The minimum Gasteiger partial charge on any atom is -0.218 e. The second-order valence-corrected chi connectivity index (χ2v) is 10.9. The number of rotatable bonds is 7. The molecule has 0 bridgehead atoms. The van der Waals surface area contributed by atoms with E-state index in [2.05, 4.69) is 17.6 Å². The van der Waals surface area contributed by atoms with E-state index in [1.165, 1.54) is 22.5 Å². The molecular formula is C26H23NO4S2. The Bertz CT molecular complexity index is 1410. The lowest BCUT2D eigenvalue weighted by Crippen LogP contribution is -2.31. The third-order valence-electron chi connectivity index (χ3n) is 4.63. The van der Waals surface area contributed by atoms with Crippen LogP contribution in [0.4, 0.5) is 0 Å². The van der Waals surface area contributed by atoms with Crippen molar-refractivity contribution in [2.75, 3.05) is 13.1 Å². The van der Waals surface area contributed by atoms with Crippen LogP contribution in [0.1, 0.15) is 11.1 Å². The molecule has 0 atom stereocenters. The molecule has 168 valence electrons. The number of sulfone groups is 1. The average molecular weight is 478 g/mol. The Morgan fingerprint density at radius 2 is 1.39 bits per heavy atom. The summed E-state index contributed by atoms with van der Waals surface area (Å²) in [7, 11) is -7.51. The molecule has 0 saturated carbocycles. The maximum atomic E-state index is 13.2. The maximum absolute atomic E-state index is 13.2. The molecule has 0 radical (unpaired) electrons. The zero-order valence-electron chi connectivity index (χ0n) is 18.0. The number of hydrogen-bond donors (Lipinski definition) is 0. The number of benzene rings is 3. The van der Waals surface area contributed by atoms with Crippen molar-refractivity contribution in [2.24, 2.45) is 0 Å². The van der Waals surface area contributed by atoms with Gasteiger partial charge in [0.25, 0.3) is 0 Å². The minimum atomic E-state index is -3.84. The number of sulfonamides is 1. The van der Waals surface area contributed by atoms with Gasteiger partial charge in [0.2, 0.25) is 19.9 Å². The highest BCUT2D eigenvalue weighted by molar-refractivity contribution is 7.94. The lowest BCUT2D eigenvalue weighted by molar-refractivity contribution is 0.478. The summed E-state index contributed by atoms with van der Waals surface area (Å²) in [4.78, 5) is 0.285. The molecular weight excluding hydrogens is 454 g/mol. The molecule has 0 aliphatic carbocycles. The lowest BCUT2D eigenvalue weighted by atomic mass is 10.2. The molecule has 7 heteroatoms. The summed E-state index contributed by atoms with van der Waals surface area (Å²) < 4.78 is 52.3. The smallest absolute Gasteiger partial charge is 0.218 e. The van der Waals surface area contributed by atoms with Gasteiger partial charge in [-0.3, -0.25) is 0 Å². The first-order valence-electron chi connectivity index (χ1n) is 10.1. The van der Waals surface area contributed by atoms with Gasteiger partial charge in [0.05, 0.1) is 21.7 Å². The first-order valence-corrected chi connectivity index (χ1v) is 13.1. The fourth-order valence-corrected chi connectivity index (χ4v) is 5.06. The molecule has 0 fully saturated rings. The maximum Gasteiger partial charge on any atom is 0.244 e. The molecule has 0 unspecified atom stereocenters. The first-order chi connectivity index (χ1) is 15.8. The van der Waals surface area contributed by atoms with Gasteiger partial charge in [-0.25, -0.2) is 16.8 Å². The molecule has 0 aliphatic heterocycles. The van der Waals surface area contributed by atoms with Crippen LogP contribution in [0.25, 0.3) is 0 Å². The fourth-order valence-electron chi connectivity index (χ4n) is 2.83. The lowest BCUT2D eigenvalue weighted by Gasteiger charge is -2.18. The zero-order chi connectivity index (χ0) is 23.7. The molecule has 0 aliphatic rings. The summed E-state index contributed by atoms with van der Waals surface area (Å²) in [5.41, 5.74) is 4.32. The number of nitrogens with zero attached hydrogens (tertiary/aromatic N) is 1. The monoisotopic (exact) mass is 477 g/mol. The SMILES string of the molecule is Cc1ccc(S(=O)(=O)N(CC#Cc2ccccc2)CC=C=CS(=O)(=O)c2ccccc2)cc1. The van der Waals surface area contributed by atoms with Gasteiger partial charge in [-0.15, -0.1) is 5.73 Å². The van der Waals surface area contributed by atoms with E-state index in [1.807, 2.05) is 37.3 Å². The summed E-state index contributed by atoms with van der Waals surface area (Å²) in [5.74, 6) is 5.84. The van der Waals surface area contributed by atoms with E-state index in [-0.39, 0.29) is 22.9 Å². The van der Waals surface area contributed by atoms with Crippen molar-refractivity contribution in [3.05, 3.63) is 113 Å². The van der Waals surface area contributed by atoms with Crippen LogP contribution in [0.5, 0.6) is 0 Å². The average Bonchev–Trinajstić information content (AvgIpc) is 2.82. The Morgan fingerprint density at radius 1 is 0.788 bits per heavy atom. The normalized spacial score (nSPS) is 11.2. The van der Waals surface area contributed by atoms with Gasteiger partial charge in [-0.2, -0.15) is 4.31 Å². The standard InChI is InChI=1S/C26H23NO4S2/c1-23-16-18-26(19-17-23)33(30,31)27(21-10-13-24-11-4-2-5-12-24)20-8-9-22-32(28,29)25-14-6-3-7-15-25/h2-8,11-12,14-19,22H,20-21H2,1H3. The first kappa shape index (κ1) is 24.2. The van der Waals surface area contributed by atoms with Crippen LogP contribution < -0.4 is 0 Å². The van der Waals surface area contributed by atoms with Crippen molar-refractivity contribution in [3.8, 4) is 11.8 Å². The van der Waals surface area contributed by atoms with E-state index in [0.717, 1.165) is 16.5 Å². The van der Waals surface area contributed by atoms with Crippen LogP contribution in [0.2, 0.25) is 0 Å². The van der Waals surface area contributed by atoms with Crippen LogP contribution >= 0.6 is 0 Å². The van der Waals surface area contributed by atoms with Crippen molar-refractivity contribution in [1.29, 1.82) is 0 Å². The Morgan fingerprint density at radius 3 is 2.03 bits per heavy atom. The van der Waals surface area contributed by atoms with Gasteiger partial charge in [0.1, 0.15) is 0 Å². The van der Waals surface area contributed by atoms with E-state index in [0.29, 0.717) is 0 Å². The van der Waals surface area contributed by atoms with Crippen molar-refractivity contribution in [2.45, 2.75) is 16.7 Å². The van der Waals surface area contributed by atoms with Crippen LogP contribution in [0.15, 0.2) is 112 Å². The van der Waals surface area contributed by atoms with Gasteiger partial charge >= 0.3 is 0 Å². The highest BCUT2D eigenvalue weighted by atomic mass is 32.2. The van der Waals surface area contributed by atoms with E-state index >= 15 is 0 Å². The highest BCUT2D eigenvalue weighted by Gasteiger charge is 2.22. The second-order valence-electron chi connectivity index (χ2n) is 7.13. The van der Waals surface area contributed by atoms with Gasteiger partial charge < -0.3 is 0 Å². The summed E-state index contributed by atoms with van der Waals surface area (Å²) in [6.45, 7) is 1.73. The van der Waals surface area contributed by atoms with Crippen LogP contribution in [0.3, 0.4) is 0 Å². The summed E-state index contributed by atoms with van der Waals surface area (Å²) >= 11 is 0. The summed E-state index contributed by atoms with van der Waals surface area (Å²) in [5, 5.41) is 0.939. The van der Waals surface area contributed by atoms with Crippen molar-refractivity contribution in [3.63, 3.8) is 0 Å². The molecule has 3 aromatic carbocycles. The molecule has 0 spiro atoms. The van der Waals surface area contributed by atoms with Gasteiger partial charge in [0.15, 0.2) is 0 Å². The molecule has 0 heterocycles. The van der Waals surface area contributed by atoms with Crippen molar-refractivity contribution >= 4 is 19.9 Å². The Hall–Kier alpha value is -3.40. The molecule has 5 nitrogen and oxygen atoms in total. The Kier molecular flexibility index (Phi) is 8.05. The van der Waals surface area contributed by atoms with Crippen LogP contribution in [-0.2, 0) is 19.9 Å². The van der Waals surface area contributed by atoms with Gasteiger partial charge in [0, 0.05) is 12.1 Å².